The predicted molar refractivity (Wildman–Crippen MR) is 203 cm³/mol. The number of aryl methyl sites for hydroxylation is 1. The van der Waals surface area contributed by atoms with Crippen LogP contribution in [-0.2, 0) is 20.7 Å². The zero-order valence-corrected chi connectivity index (χ0v) is 31.8. The molecule has 2 heterocycles. The Labute approximate surface area is 305 Å². The summed E-state index contributed by atoms with van der Waals surface area (Å²) in [6.07, 6.45) is 16.5. The van der Waals surface area contributed by atoms with Gasteiger partial charge in [0.2, 0.25) is 5.91 Å². The molecule has 0 bridgehead atoms. The molecule has 0 aromatic heterocycles. The van der Waals surface area contributed by atoms with Gasteiger partial charge in [0, 0.05) is 38.7 Å². The van der Waals surface area contributed by atoms with Crippen LogP contribution in [0.1, 0.15) is 116 Å². The van der Waals surface area contributed by atoms with E-state index in [0.29, 0.717) is 29.5 Å². The molecule has 0 aliphatic carbocycles. The van der Waals surface area contributed by atoms with Gasteiger partial charge in [0.1, 0.15) is 5.75 Å². The van der Waals surface area contributed by atoms with E-state index in [2.05, 4.69) is 16.7 Å². The maximum Gasteiger partial charge on any atom is 0.313 e. The molecule has 1 amide bonds. The fourth-order valence-electron chi connectivity index (χ4n) is 6.80. The molecular formula is C40H59Cl2N3O4. The highest BCUT2D eigenvalue weighted by Crippen LogP contribution is 2.34. The topological polar surface area (TPSA) is 62.3 Å². The summed E-state index contributed by atoms with van der Waals surface area (Å²) in [5, 5.41) is 1.22. The zero-order chi connectivity index (χ0) is 35.1. The highest BCUT2D eigenvalue weighted by atomic mass is 35.5. The molecule has 1 saturated heterocycles. The van der Waals surface area contributed by atoms with Crippen molar-refractivity contribution in [2.45, 2.75) is 117 Å². The number of esters is 1. The molecule has 0 radical (unpaired) electrons. The van der Waals surface area contributed by atoms with Crippen molar-refractivity contribution in [2.24, 2.45) is 5.41 Å². The first kappa shape index (κ1) is 39.3. The number of ether oxygens (including phenoxy) is 2. The van der Waals surface area contributed by atoms with Crippen LogP contribution in [0.3, 0.4) is 0 Å². The number of anilines is 2. The van der Waals surface area contributed by atoms with E-state index in [4.69, 9.17) is 32.7 Å². The van der Waals surface area contributed by atoms with Crippen molar-refractivity contribution in [3.8, 4) is 5.75 Å². The van der Waals surface area contributed by atoms with E-state index < -0.39 is 5.41 Å². The van der Waals surface area contributed by atoms with Gasteiger partial charge in [-0.2, -0.15) is 0 Å². The number of halogens is 2. The summed E-state index contributed by atoms with van der Waals surface area (Å²) in [6, 6.07) is 11.7. The number of amides is 1. The third-order valence-corrected chi connectivity index (χ3v) is 10.9. The molecule has 2 aromatic carbocycles. The van der Waals surface area contributed by atoms with Crippen LogP contribution >= 0.6 is 23.2 Å². The zero-order valence-electron chi connectivity index (χ0n) is 30.3. The van der Waals surface area contributed by atoms with Gasteiger partial charge in [-0.05, 0) is 69.8 Å². The smallest absolute Gasteiger partial charge is 0.313 e. The van der Waals surface area contributed by atoms with Crippen LogP contribution in [0, 0.1) is 5.41 Å². The standard InChI is InChI=1S/C40H59Cl2N3O4/c1-4-5-6-7-8-9-10-11-12-13-23-40(2,3)39(47)49-31-45-36-30-33(21-19-32(36)20-22-37(45)46)48-29-15-14-24-43-25-27-44(28-26-43)35-18-16-17-34(41)38(35)42/h16-19,21,30H,4-15,20,22-29,31H2,1-3H3. The Morgan fingerprint density at radius 1 is 0.816 bits per heavy atom. The Kier molecular flexibility index (Phi) is 16.4. The van der Waals surface area contributed by atoms with Crippen molar-refractivity contribution in [2.75, 3.05) is 55.9 Å². The number of piperazine rings is 1. The van der Waals surface area contributed by atoms with Crippen LogP contribution in [0.25, 0.3) is 0 Å². The van der Waals surface area contributed by atoms with E-state index in [1.165, 1.54) is 51.4 Å². The normalized spacial score (nSPS) is 15.4. The number of fused-ring (bicyclic) bond motifs is 1. The van der Waals surface area contributed by atoms with Gasteiger partial charge < -0.3 is 14.4 Å². The number of hydrogen-bond acceptors (Lipinski definition) is 6. The van der Waals surface area contributed by atoms with Gasteiger partial charge in [-0.3, -0.25) is 19.4 Å². The summed E-state index contributed by atoms with van der Waals surface area (Å²) >= 11 is 12.6. The van der Waals surface area contributed by atoms with E-state index in [-0.39, 0.29) is 18.6 Å². The van der Waals surface area contributed by atoms with Crippen molar-refractivity contribution < 1.29 is 19.1 Å². The Hall–Kier alpha value is -2.48. The van der Waals surface area contributed by atoms with E-state index >= 15 is 0 Å². The number of rotatable bonds is 21. The summed E-state index contributed by atoms with van der Waals surface area (Å²) in [5.74, 6) is 0.464. The van der Waals surface area contributed by atoms with Gasteiger partial charge in [0.25, 0.3) is 0 Å². The molecule has 4 rings (SSSR count). The Bertz CT molecular complexity index is 1330. The van der Waals surface area contributed by atoms with Gasteiger partial charge in [0.15, 0.2) is 6.73 Å². The highest BCUT2D eigenvalue weighted by molar-refractivity contribution is 6.43. The third-order valence-electron chi connectivity index (χ3n) is 10.1. The SMILES string of the molecule is CCCCCCCCCCCCC(C)(C)C(=O)OCN1C(=O)CCc2ccc(OCCCCN3CCN(c4cccc(Cl)c4Cl)CC3)cc21. The fourth-order valence-corrected chi connectivity index (χ4v) is 7.22. The molecule has 2 aliphatic heterocycles. The Balaban J connectivity index is 1.14. The quantitative estimate of drug-likeness (QED) is 0.0947. The monoisotopic (exact) mass is 715 g/mol. The lowest BCUT2D eigenvalue weighted by molar-refractivity contribution is -0.154. The summed E-state index contributed by atoms with van der Waals surface area (Å²) in [6.45, 7) is 11.5. The maximum absolute atomic E-state index is 13.1. The first-order chi connectivity index (χ1) is 23.7. The minimum Gasteiger partial charge on any atom is -0.494 e. The molecule has 7 nitrogen and oxygen atoms in total. The van der Waals surface area contributed by atoms with Crippen molar-refractivity contribution >= 4 is 46.5 Å². The van der Waals surface area contributed by atoms with Crippen LogP contribution < -0.4 is 14.5 Å². The van der Waals surface area contributed by atoms with Crippen molar-refractivity contribution in [1.82, 2.24) is 4.90 Å². The average molecular weight is 717 g/mol. The number of hydrogen-bond donors (Lipinski definition) is 0. The van der Waals surface area contributed by atoms with Gasteiger partial charge in [-0.15, -0.1) is 0 Å². The van der Waals surface area contributed by atoms with Crippen molar-refractivity contribution in [3.05, 3.63) is 52.0 Å². The fraction of sp³-hybridized carbons (Fsp3) is 0.650. The number of carbonyl (C=O) groups excluding carboxylic acids is 2. The van der Waals surface area contributed by atoms with Crippen LogP contribution in [-0.4, -0.2) is 62.8 Å². The van der Waals surface area contributed by atoms with Gasteiger partial charge in [-0.1, -0.05) is 106 Å². The van der Waals surface area contributed by atoms with E-state index in [9.17, 15) is 9.59 Å². The Morgan fingerprint density at radius 2 is 1.51 bits per heavy atom. The number of benzene rings is 2. The summed E-state index contributed by atoms with van der Waals surface area (Å²) < 4.78 is 11.9. The molecule has 272 valence electrons. The molecule has 1 fully saturated rings. The van der Waals surface area contributed by atoms with Crippen LogP contribution in [0.4, 0.5) is 11.4 Å². The maximum atomic E-state index is 13.1. The summed E-state index contributed by atoms with van der Waals surface area (Å²) in [7, 11) is 0. The van der Waals surface area contributed by atoms with E-state index in [1.807, 2.05) is 50.2 Å². The molecule has 2 aromatic rings. The first-order valence-corrected chi connectivity index (χ1v) is 19.6. The van der Waals surface area contributed by atoms with Gasteiger partial charge >= 0.3 is 5.97 Å². The lowest BCUT2D eigenvalue weighted by Crippen LogP contribution is -2.46. The second-order valence-electron chi connectivity index (χ2n) is 14.4. The largest absolute Gasteiger partial charge is 0.494 e. The highest BCUT2D eigenvalue weighted by Gasteiger charge is 2.31. The van der Waals surface area contributed by atoms with Crippen LogP contribution in [0.15, 0.2) is 36.4 Å². The minimum atomic E-state index is -0.579. The van der Waals surface area contributed by atoms with Crippen molar-refractivity contribution in [1.29, 1.82) is 0 Å². The van der Waals surface area contributed by atoms with E-state index in [0.717, 1.165) is 87.5 Å². The molecule has 2 aliphatic rings. The lowest BCUT2D eigenvalue weighted by Gasteiger charge is -2.36. The molecule has 0 atom stereocenters. The molecule has 0 saturated carbocycles. The van der Waals surface area contributed by atoms with Gasteiger partial charge in [-0.25, -0.2) is 0 Å². The van der Waals surface area contributed by atoms with E-state index in [1.54, 1.807) is 4.90 Å². The number of nitrogens with zero attached hydrogens (tertiary/aromatic N) is 3. The minimum absolute atomic E-state index is 0.0253. The van der Waals surface area contributed by atoms with Crippen molar-refractivity contribution in [3.63, 3.8) is 0 Å². The predicted octanol–water partition coefficient (Wildman–Crippen LogP) is 10.1. The van der Waals surface area contributed by atoms with Gasteiger partial charge in [0.05, 0.1) is 33.4 Å². The number of carbonyl (C=O) groups is 2. The second-order valence-corrected chi connectivity index (χ2v) is 15.2. The first-order valence-electron chi connectivity index (χ1n) is 18.8. The summed E-state index contributed by atoms with van der Waals surface area (Å²) in [4.78, 5) is 32.5. The second kappa shape index (κ2) is 20.4. The molecule has 9 heteroatoms. The molecule has 0 N–H and O–H groups in total. The van der Waals surface area contributed by atoms with Crippen LogP contribution in [0.5, 0.6) is 5.75 Å². The van der Waals surface area contributed by atoms with Crippen LogP contribution in [0.2, 0.25) is 10.0 Å². The average Bonchev–Trinajstić information content (AvgIpc) is 3.10. The lowest BCUT2D eigenvalue weighted by atomic mass is 9.87. The summed E-state index contributed by atoms with van der Waals surface area (Å²) in [5.41, 5.74) is 2.29. The molecule has 0 unspecified atom stereocenters. The molecule has 49 heavy (non-hydrogen) atoms. The third kappa shape index (κ3) is 12.4. The number of unbranched alkanes of at least 4 members (excludes halogenated alkanes) is 10. The molecular weight excluding hydrogens is 657 g/mol. The Morgan fingerprint density at radius 3 is 2.22 bits per heavy atom. The molecule has 0 spiro atoms.